The first-order chi connectivity index (χ1) is 15.0. The molecule has 1 saturated carbocycles. The third-order valence-electron chi connectivity index (χ3n) is 6.34. The van der Waals surface area contributed by atoms with Crippen LogP contribution < -0.4 is 4.74 Å². The Kier molecular flexibility index (Phi) is 6.45. The first-order valence-electron chi connectivity index (χ1n) is 11.2. The Labute approximate surface area is 183 Å². The molecule has 3 aromatic carbocycles. The van der Waals surface area contributed by atoms with Crippen molar-refractivity contribution in [3.8, 4) is 22.6 Å². The second-order valence-corrected chi connectivity index (χ2v) is 8.84. The van der Waals surface area contributed by atoms with E-state index >= 15 is 0 Å². The van der Waals surface area contributed by atoms with E-state index in [0.29, 0.717) is 12.3 Å². The van der Waals surface area contributed by atoms with Crippen molar-refractivity contribution in [2.24, 2.45) is 11.8 Å². The van der Waals surface area contributed by atoms with E-state index in [1.165, 1.54) is 32.1 Å². The maximum atomic E-state index is 11.3. The molecule has 2 N–H and O–H groups in total. The largest absolute Gasteiger partial charge is 0.508 e. The van der Waals surface area contributed by atoms with Gasteiger partial charge < -0.3 is 14.9 Å². The van der Waals surface area contributed by atoms with Crippen LogP contribution in [0.15, 0.2) is 54.6 Å². The van der Waals surface area contributed by atoms with Gasteiger partial charge in [-0.15, -0.1) is 0 Å². The lowest BCUT2D eigenvalue weighted by Gasteiger charge is -2.23. The van der Waals surface area contributed by atoms with Gasteiger partial charge in [0.1, 0.15) is 11.5 Å². The summed E-state index contributed by atoms with van der Waals surface area (Å²) in [7, 11) is 0. The van der Waals surface area contributed by atoms with E-state index in [4.69, 9.17) is 4.74 Å². The molecule has 0 aliphatic heterocycles. The molecular weight excluding hydrogens is 388 g/mol. The fourth-order valence-electron chi connectivity index (χ4n) is 4.46. The zero-order chi connectivity index (χ0) is 21.8. The lowest BCUT2D eigenvalue weighted by molar-refractivity contribution is -0.141. The van der Waals surface area contributed by atoms with Gasteiger partial charge in [0, 0.05) is 5.56 Å². The highest BCUT2D eigenvalue weighted by Gasteiger charge is 2.17. The van der Waals surface area contributed by atoms with Crippen molar-refractivity contribution in [3.05, 3.63) is 60.2 Å². The Balaban J connectivity index is 1.67. The number of phenolic OH excluding ortho intramolecular Hbond substituents is 1. The Bertz CT molecular complexity index is 1070. The SMILES string of the molecule is CC(Cc1ccc(OCC2CCCCC2)c(-c2ccc3cc(O)ccc3c2)c1)C(=O)O. The minimum absolute atomic E-state index is 0.251. The summed E-state index contributed by atoms with van der Waals surface area (Å²) < 4.78 is 6.31. The minimum Gasteiger partial charge on any atom is -0.508 e. The Hall–Kier alpha value is -3.01. The molecule has 1 aliphatic rings. The number of carboxylic acid groups (broad SMARTS) is 1. The number of ether oxygens (including phenoxy) is 1. The van der Waals surface area contributed by atoms with Crippen LogP contribution in [-0.4, -0.2) is 22.8 Å². The quantitative estimate of drug-likeness (QED) is 0.464. The molecule has 162 valence electrons. The predicted molar refractivity (Wildman–Crippen MR) is 124 cm³/mol. The molecular formula is C27H30O4. The molecule has 4 rings (SSSR count). The van der Waals surface area contributed by atoms with E-state index in [2.05, 4.69) is 12.1 Å². The van der Waals surface area contributed by atoms with Gasteiger partial charge >= 0.3 is 5.97 Å². The van der Waals surface area contributed by atoms with Crippen molar-refractivity contribution in [1.82, 2.24) is 0 Å². The highest BCUT2D eigenvalue weighted by molar-refractivity contribution is 5.89. The van der Waals surface area contributed by atoms with Crippen molar-refractivity contribution in [2.45, 2.75) is 45.4 Å². The van der Waals surface area contributed by atoms with E-state index in [1.807, 2.05) is 30.3 Å². The summed E-state index contributed by atoms with van der Waals surface area (Å²) in [6, 6.07) is 17.5. The molecule has 0 aromatic heterocycles. The second kappa shape index (κ2) is 9.42. The highest BCUT2D eigenvalue weighted by atomic mass is 16.5. The van der Waals surface area contributed by atoms with E-state index in [1.54, 1.807) is 19.1 Å². The average molecular weight is 419 g/mol. The number of hydrogen-bond donors (Lipinski definition) is 2. The maximum absolute atomic E-state index is 11.3. The maximum Gasteiger partial charge on any atom is 0.306 e. The summed E-state index contributed by atoms with van der Waals surface area (Å²) in [6.45, 7) is 2.46. The van der Waals surface area contributed by atoms with Crippen molar-refractivity contribution in [2.75, 3.05) is 6.61 Å². The van der Waals surface area contributed by atoms with Gasteiger partial charge in [-0.2, -0.15) is 0 Å². The molecule has 1 fully saturated rings. The Morgan fingerprint density at radius 2 is 1.74 bits per heavy atom. The van der Waals surface area contributed by atoms with Gasteiger partial charge in [0.15, 0.2) is 0 Å². The summed E-state index contributed by atoms with van der Waals surface area (Å²) in [5.74, 6) is 0.468. The molecule has 1 atom stereocenters. The standard InChI is InChI=1S/C27H30O4/c1-18(27(29)30)13-20-7-12-26(31-17-19-5-3-2-4-6-19)25(14-20)23-9-8-22-16-24(28)11-10-21(22)15-23/h7-12,14-16,18-19,28H,2-6,13,17H2,1H3,(H,29,30). The number of aliphatic carboxylic acids is 1. The van der Waals surface area contributed by atoms with Gasteiger partial charge in [0.25, 0.3) is 0 Å². The third kappa shape index (κ3) is 5.19. The monoisotopic (exact) mass is 418 g/mol. The van der Waals surface area contributed by atoms with Gasteiger partial charge in [-0.3, -0.25) is 4.79 Å². The summed E-state index contributed by atoms with van der Waals surface area (Å²) >= 11 is 0. The van der Waals surface area contributed by atoms with Crippen LogP contribution in [0.2, 0.25) is 0 Å². The lowest BCUT2D eigenvalue weighted by Crippen LogP contribution is -2.15. The molecule has 1 unspecified atom stereocenters. The topological polar surface area (TPSA) is 66.8 Å². The van der Waals surface area contributed by atoms with Crippen LogP contribution in [0.1, 0.15) is 44.6 Å². The summed E-state index contributed by atoms with van der Waals surface area (Å²) in [4.78, 5) is 11.3. The molecule has 0 saturated heterocycles. The second-order valence-electron chi connectivity index (χ2n) is 8.84. The van der Waals surface area contributed by atoms with E-state index in [9.17, 15) is 15.0 Å². The number of phenols is 1. The van der Waals surface area contributed by atoms with Crippen LogP contribution in [0, 0.1) is 11.8 Å². The molecule has 4 nitrogen and oxygen atoms in total. The molecule has 4 heteroatoms. The number of hydrogen-bond acceptors (Lipinski definition) is 3. The fraction of sp³-hybridized carbons (Fsp3) is 0.370. The highest BCUT2D eigenvalue weighted by Crippen LogP contribution is 2.35. The normalized spacial score (nSPS) is 15.6. The predicted octanol–water partition coefficient (Wildman–Crippen LogP) is 6.43. The van der Waals surface area contributed by atoms with Crippen LogP contribution in [0.5, 0.6) is 11.5 Å². The zero-order valence-electron chi connectivity index (χ0n) is 18.0. The minimum atomic E-state index is -0.787. The van der Waals surface area contributed by atoms with E-state index in [-0.39, 0.29) is 5.75 Å². The number of carbonyl (C=O) groups is 1. The van der Waals surface area contributed by atoms with Crippen molar-refractivity contribution in [3.63, 3.8) is 0 Å². The molecule has 0 heterocycles. The number of aromatic hydroxyl groups is 1. The molecule has 3 aromatic rings. The number of benzene rings is 3. The first kappa shape index (κ1) is 21.2. The number of fused-ring (bicyclic) bond motifs is 1. The van der Waals surface area contributed by atoms with Crippen molar-refractivity contribution < 1.29 is 19.7 Å². The molecule has 0 spiro atoms. The zero-order valence-corrected chi connectivity index (χ0v) is 18.0. The van der Waals surface area contributed by atoms with Gasteiger partial charge in [0.2, 0.25) is 0 Å². The van der Waals surface area contributed by atoms with Crippen LogP contribution in [0.25, 0.3) is 21.9 Å². The van der Waals surface area contributed by atoms with Crippen molar-refractivity contribution >= 4 is 16.7 Å². The molecule has 31 heavy (non-hydrogen) atoms. The first-order valence-corrected chi connectivity index (χ1v) is 11.2. The summed E-state index contributed by atoms with van der Waals surface area (Å²) in [5, 5.41) is 21.1. The van der Waals surface area contributed by atoms with Crippen LogP contribution in [0.3, 0.4) is 0 Å². The van der Waals surface area contributed by atoms with Crippen LogP contribution in [0.4, 0.5) is 0 Å². The smallest absolute Gasteiger partial charge is 0.306 e. The summed E-state index contributed by atoms with van der Waals surface area (Å²) in [5.41, 5.74) is 3.00. The van der Waals surface area contributed by atoms with Gasteiger partial charge in [-0.25, -0.2) is 0 Å². The van der Waals surface area contributed by atoms with Gasteiger partial charge in [0.05, 0.1) is 12.5 Å². The molecule has 0 bridgehead atoms. The van der Waals surface area contributed by atoms with Gasteiger partial charge in [-0.05, 0) is 77.4 Å². The number of carboxylic acids is 1. The van der Waals surface area contributed by atoms with E-state index in [0.717, 1.165) is 39.8 Å². The van der Waals surface area contributed by atoms with Crippen molar-refractivity contribution in [1.29, 1.82) is 0 Å². The average Bonchev–Trinajstić information content (AvgIpc) is 2.78. The molecule has 1 aliphatic carbocycles. The molecule has 0 amide bonds. The van der Waals surface area contributed by atoms with Gasteiger partial charge in [-0.1, -0.05) is 50.5 Å². The third-order valence-corrected chi connectivity index (χ3v) is 6.34. The van der Waals surface area contributed by atoms with Crippen LogP contribution in [-0.2, 0) is 11.2 Å². The fourth-order valence-corrected chi connectivity index (χ4v) is 4.46. The number of rotatable bonds is 7. The van der Waals surface area contributed by atoms with E-state index < -0.39 is 11.9 Å². The summed E-state index contributed by atoms with van der Waals surface area (Å²) in [6.07, 6.45) is 6.82. The Morgan fingerprint density at radius 3 is 2.52 bits per heavy atom. The Morgan fingerprint density at radius 1 is 1.00 bits per heavy atom. The van der Waals surface area contributed by atoms with Crippen LogP contribution >= 0.6 is 0 Å². The lowest BCUT2D eigenvalue weighted by atomic mass is 9.90. The molecule has 0 radical (unpaired) electrons.